The quantitative estimate of drug-likeness (QED) is 0.732. The fraction of sp³-hybridized carbons (Fsp3) is 0.421. The van der Waals surface area contributed by atoms with Crippen LogP contribution in [-0.4, -0.2) is 50.8 Å². The molecule has 0 bridgehead atoms. The van der Waals surface area contributed by atoms with Gasteiger partial charge in [-0.3, -0.25) is 9.58 Å². The van der Waals surface area contributed by atoms with Crippen molar-refractivity contribution in [1.29, 1.82) is 0 Å². The van der Waals surface area contributed by atoms with Crippen molar-refractivity contribution in [1.82, 2.24) is 24.6 Å². The van der Waals surface area contributed by atoms with Crippen molar-refractivity contribution >= 4 is 16.9 Å². The minimum absolute atomic E-state index is 0.832. The smallest absolute Gasteiger partial charge is 0.158 e. The number of aromatic nitrogens is 4. The average molecular weight is 336 g/mol. The molecule has 6 nitrogen and oxygen atoms in total. The summed E-state index contributed by atoms with van der Waals surface area (Å²) in [6.07, 6.45) is 1.67. The fourth-order valence-corrected chi connectivity index (χ4v) is 3.57. The van der Waals surface area contributed by atoms with Crippen LogP contribution in [0.4, 0.5) is 5.82 Å². The summed E-state index contributed by atoms with van der Waals surface area (Å²) in [4.78, 5) is 13.9. The average Bonchev–Trinajstić information content (AvgIpc) is 3.00. The van der Waals surface area contributed by atoms with Crippen molar-refractivity contribution in [3.05, 3.63) is 47.9 Å². The maximum absolute atomic E-state index is 4.61. The summed E-state index contributed by atoms with van der Waals surface area (Å²) in [5.41, 5.74) is 4.39. The van der Waals surface area contributed by atoms with Crippen LogP contribution >= 0.6 is 0 Å². The lowest BCUT2D eigenvalue weighted by Crippen LogP contribution is -2.46. The monoisotopic (exact) mass is 336 g/mol. The highest BCUT2D eigenvalue weighted by molar-refractivity contribution is 5.87. The van der Waals surface area contributed by atoms with E-state index >= 15 is 0 Å². The molecule has 0 radical (unpaired) electrons. The second-order valence-electron chi connectivity index (χ2n) is 6.54. The number of benzene rings is 1. The fourth-order valence-electron chi connectivity index (χ4n) is 3.57. The molecule has 0 amide bonds. The molecule has 0 aliphatic carbocycles. The Kier molecular flexibility index (Phi) is 4.36. The van der Waals surface area contributed by atoms with Crippen LogP contribution in [0.25, 0.3) is 11.0 Å². The van der Waals surface area contributed by atoms with E-state index in [0.717, 1.165) is 61.8 Å². The van der Waals surface area contributed by atoms with Crippen molar-refractivity contribution in [2.45, 2.75) is 26.9 Å². The van der Waals surface area contributed by atoms with Gasteiger partial charge in [-0.25, -0.2) is 9.97 Å². The lowest BCUT2D eigenvalue weighted by Gasteiger charge is -2.35. The van der Waals surface area contributed by atoms with Gasteiger partial charge in [-0.05, 0) is 19.4 Å². The van der Waals surface area contributed by atoms with E-state index in [9.17, 15) is 0 Å². The number of hydrogen-bond acceptors (Lipinski definition) is 5. The second kappa shape index (κ2) is 6.80. The van der Waals surface area contributed by atoms with E-state index in [1.54, 1.807) is 6.33 Å². The molecule has 1 fully saturated rings. The van der Waals surface area contributed by atoms with Crippen molar-refractivity contribution in [2.24, 2.45) is 0 Å². The van der Waals surface area contributed by atoms with Crippen LogP contribution < -0.4 is 4.90 Å². The van der Waals surface area contributed by atoms with Crippen molar-refractivity contribution in [2.75, 3.05) is 31.1 Å². The molecule has 0 unspecified atom stereocenters. The Bertz CT molecular complexity index is 849. The van der Waals surface area contributed by atoms with Crippen LogP contribution in [-0.2, 0) is 13.1 Å². The molecule has 3 heterocycles. The van der Waals surface area contributed by atoms with Gasteiger partial charge < -0.3 is 4.90 Å². The van der Waals surface area contributed by atoms with Gasteiger partial charge in [0.1, 0.15) is 17.4 Å². The molecule has 1 aliphatic heterocycles. The maximum Gasteiger partial charge on any atom is 0.158 e. The van der Waals surface area contributed by atoms with Crippen LogP contribution in [0.3, 0.4) is 0 Å². The van der Waals surface area contributed by atoms with E-state index in [-0.39, 0.29) is 0 Å². The lowest BCUT2D eigenvalue weighted by atomic mass is 10.2. The summed E-state index contributed by atoms with van der Waals surface area (Å²) in [6.45, 7) is 10.0. The summed E-state index contributed by atoms with van der Waals surface area (Å²) < 4.78 is 2.02. The Labute approximate surface area is 148 Å². The summed E-state index contributed by atoms with van der Waals surface area (Å²) in [6, 6.07) is 10.7. The molecule has 1 aromatic carbocycles. The summed E-state index contributed by atoms with van der Waals surface area (Å²) in [5, 5.41) is 4.61. The van der Waals surface area contributed by atoms with E-state index in [1.165, 1.54) is 5.56 Å². The van der Waals surface area contributed by atoms with Gasteiger partial charge >= 0.3 is 0 Å². The number of hydrogen-bond donors (Lipinski definition) is 0. The highest BCUT2D eigenvalue weighted by atomic mass is 15.3. The Morgan fingerprint density at radius 2 is 1.76 bits per heavy atom. The van der Waals surface area contributed by atoms with E-state index < -0.39 is 0 Å². The van der Waals surface area contributed by atoms with Crippen molar-refractivity contribution < 1.29 is 0 Å². The van der Waals surface area contributed by atoms with Gasteiger partial charge in [-0.15, -0.1) is 0 Å². The molecule has 1 saturated heterocycles. The molecule has 1 aliphatic rings. The highest BCUT2D eigenvalue weighted by Crippen LogP contribution is 2.26. The third-order valence-electron chi connectivity index (χ3n) is 4.89. The summed E-state index contributed by atoms with van der Waals surface area (Å²) >= 11 is 0. The Morgan fingerprint density at radius 1 is 1.00 bits per heavy atom. The Hall–Kier alpha value is -2.47. The molecule has 4 rings (SSSR count). The van der Waals surface area contributed by atoms with Crippen LogP contribution in [0.15, 0.2) is 36.7 Å². The first kappa shape index (κ1) is 16.0. The third-order valence-corrected chi connectivity index (χ3v) is 4.89. The predicted octanol–water partition coefficient (Wildman–Crippen LogP) is 2.48. The molecule has 0 N–H and O–H groups in total. The van der Waals surface area contributed by atoms with E-state index in [2.05, 4.69) is 62.1 Å². The molecule has 6 heteroatoms. The van der Waals surface area contributed by atoms with Gasteiger partial charge in [-0.2, -0.15) is 5.10 Å². The number of fused-ring (bicyclic) bond motifs is 1. The summed E-state index contributed by atoms with van der Waals surface area (Å²) in [5.74, 6) is 1.02. The molecular weight excluding hydrogens is 312 g/mol. The second-order valence-corrected chi connectivity index (χ2v) is 6.54. The topological polar surface area (TPSA) is 50.1 Å². The van der Waals surface area contributed by atoms with Gasteiger partial charge in [0.15, 0.2) is 5.82 Å². The number of anilines is 1. The molecule has 0 atom stereocenters. The molecule has 130 valence electrons. The van der Waals surface area contributed by atoms with Gasteiger partial charge in [0.2, 0.25) is 0 Å². The molecule has 2 aromatic heterocycles. The standard InChI is InChI=1S/C19H24N6/c1-3-25-18-17(15(2)22-25)20-14-21-19(18)24-11-9-23(10-12-24)13-16-7-5-4-6-8-16/h4-8,14H,3,9-13H2,1-2H3. The molecular formula is C19H24N6. The SMILES string of the molecule is CCn1nc(C)c2ncnc(N3CCN(Cc4ccccc4)CC3)c21. The minimum atomic E-state index is 0.832. The van der Waals surface area contributed by atoms with Crippen molar-refractivity contribution in [3.8, 4) is 0 Å². The van der Waals surface area contributed by atoms with Crippen LogP contribution in [0.1, 0.15) is 18.2 Å². The lowest BCUT2D eigenvalue weighted by molar-refractivity contribution is 0.249. The number of rotatable bonds is 4. The van der Waals surface area contributed by atoms with Crippen molar-refractivity contribution in [3.63, 3.8) is 0 Å². The highest BCUT2D eigenvalue weighted by Gasteiger charge is 2.22. The third kappa shape index (κ3) is 3.09. The van der Waals surface area contributed by atoms with Crippen LogP contribution in [0.2, 0.25) is 0 Å². The Balaban J connectivity index is 1.52. The Morgan fingerprint density at radius 3 is 2.48 bits per heavy atom. The van der Waals surface area contributed by atoms with Crippen LogP contribution in [0, 0.1) is 6.92 Å². The molecule has 0 spiro atoms. The number of aryl methyl sites for hydroxylation is 2. The first-order valence-corrected chi connectivity index (χ1v) is 8.95. The molecule has 25 heavy (non-hydrogen) atoms. The van der Waals surface area contributed by atoms with E-state index in [1.807, 2.05) is 11.6 Å². The zero-order chi connectivity index (χ0) is 17.2. The first-order chi connectivity index (χ1) is 12.3. The first-order valence-electron chi connectivity index (χ1n) is 8.95. The maximum atomic E-state index is 4.61. The summed E-state index contributed by atoms with van der Waals surface area (Å²) in [7, 11) is 0. The predicted molar refractivity (Wildman–Crippen MR) is 99.7 cm³/mol. The number of nitrogens with zero attached hydrogens (tertiary/aromatic N) is 6. The minimum Gasteiger partial charge on any atom is -0.352 e. The molecule has 3 aromatic rings. The van der Waals surface area contributed by atoms with E-state index in [4.69, 9.17) is 0 Å². The van der Waals surface area contributed by atoms with E-state index in [0.29, 0.717) is 0 Å². The van der Waals surface area contributed by atoms with Gasteiger partial charge in [0, 0.05) is 39.3 Å². The van der Waals surface area contributed by atoms with Crippen LogP contribution in [0.5, 0.6) is 0 Å². The molecule has 0 saturated carbocycles. The van der Waals surface area contributed by atoms with Gasteiger partial charge in [-0.1, -0.05) is 30.3 Å². The normalized spacial score (nSPS) is 15.8. The number of piperazine rings is 1. The largest absolute Gasteiger partial charge is 0.352 e. The van der Waals surface area contributed by atoms with Gasteiger partial charge in [0.25, 0.3) is 0 Å². The zero-order valence-corrected chi connectivity index (χ0v) is 14.9. The zero-order valence-electron chi connectivity index (χ0n) is 14.9. The van der Waals surface area contributed by atoms with Gasteiger partial charge in [0.05, 0.1) is 5.69 Å².